The molecule has 2 aliphatic heterocycles. The first-order chi connectivity index (χ1) is 19.0. The van der Waals surface area contributed by atoms with Crippen molar-refractivity contribution in [2.45, 2.75) is 44.9 Å². The van der Waals surface area contributed by atoms with Gasteiger partial charge in [-0.05, 0) is 43.4 Å². The van der Waals surface area contributed by atoms with Crippen LogP contribution in [0.15, 0.2) is 65.7 Å². The van der Waals surface area contributed by atoms with Crippen LogP contribution in [0.3, 0.4) is 0 Å². The van der Waals surface area contributed by atoms with Gasteiger partial charge < -0.3 is 19.7 Å². The SMILES string of the molecule is O=C(N=C(NC(=O)OCc1ccccc1)N1CCCC(C(=O)NC(=O)[C@@H]2CCCN2)C1)OCc1ccccc1. The third-order valence-electron chi connectivity index (χ3n) is 6.54. The Morgan fingerprint density at radius 3 is 2.15 bits per heavy atom. The van der Waals surface area contributed by atoms with Crippen LogP contribution in [0.4, 0.5) is 9.59 Å². The first-order valence-electron chi connectivity index (χ1n) is 13.1. The van der Waals surface area contributed by atoms with E-state index in [9.17, 15) is 19.2 Å². The Kier molecular flexibility index (Phi) is 10.0. The fraction of sp³-hybridized carbons (Fsp3) is 0.393. The van der Waals surface area contributed by atoms with E-state index in [1.807, 2.05) is 60.7 Å². The number of carbonyl (C=O) groups is 4. The monoisotopic (exact) mass is 535 g/mol. The summed E-state index contributed by atoms with van der Waals surface area (Å²) >= 11 is 0. The van der Waals surface area contributed by atoms with Crippen LogP contribution in [-0.2, 0) is 32.3 Å². The molecule has 3 N–H and O–H groups in total. The lowest BCUT2D eigenvalue weighted by Gasteiger charge is -2.33. The maximum Gasteiger partial charge on any atom is 0.437 e. The quantitative estimate of drug-likeness (QED) is 0.292. The highest BCUT2D eigenvalue weighted by atomic mass is 16.6. The summed E-state index contributed by atoms with van der Waals surface area (Å²) in [5.74, 6) is -1.34. The molecule has 2 aromatic carbocycles. The van der Waals surface area contributed by atoms with E-state index in [0.717, 1.165) is 24.1 Å². The second-order valence-corrected chi connectivity index (χ2v) is 9.45. The number of guanidine groups is 1. The van der Waals surface area contributed by atoms with Gasteiger partial charge in [-0.25, -0.2) is 9.59 Å². The zero-order valence-electron chi connectivity index (χ0n) is 21.6. The average Bonchev–Trinajstić information content (AvgIpc) is 3.51. The summed E-state index contributed by atoms with van der Waals surface area (Å²) in [6.45, 7) is 1.38. The van der Waals surface area contributed by atoms with Crippen LogP contribution in [0.1, 0.15) is 36.8 Å². The molecule has 0 saturated carbocycles. The van der Waals surface area contributed by atoms with Gasteiger partial charge in [0.15, 0.2) is 0 Å². The Morgan fingerprint density at radius 1 is 0.846 bits per heavy atom. The molecule has 0 aromatic heterocycles. The lowest BCUT2D eigenvalue weighted by Crippen LogP contribution is -2.53. The number of carbonyl (C=O) groups excluding carboxylic acids is 4. The number of hydrogen-bond acceptors (Lipinski definition) is 7. The number of hydrogen-bond donors (Lipinski definition) is 3. The zero-order chi connectivity index (χ0) is 27.5. The smallest absolute Gasteiger partial charge is 0.437 e. The topological polar surface area (TPSA) is 138 Å². The molecule has 11 heteroatoms. The molecule has 2 saturated heterocycles. The number of likely N-dealkylation sites (tertiary alicyclic amines) is 1. The highest BCUT2D eigenvalue weighted by molar-refractivity contribution is 6.00. The van der Waals surface area contributed by atoms with Gasteiger partial charge in [-0.2, -0.15) is 0 Å². The van der Waals surface area contributed by atoms with Gasteiger partial charge in [0.25, 0.3) is 0 Å². The molecule has 0 aliphatic carbocycles. The molecule has 1 unspecified atom stereocenters. The van der Waals surface area contributed by atoms with E-state index in [2.05, 4.69) is 20.9 Å². The molecule has 4 amide bonds. The van der Waals surface area contributed by atoms with Crippen LogP contribution >= 0.6 is 0 Å². The third-order valence-corrected chi connectivity index (χ3v) is 6.54. The lowest BCUT2D eigenvalue weighted by molar-refractivity contribution is -0.134. The van der Waals surface area contributed by atoms with Gasteiger partial charge in [0, 0.05) is 13.1 Å². The molecule has 2 fully saturated rings. The largest absolute Gasteiger partial charge is 0.444 e. The van der Waals surface area contributed by atoms with Gasteiger partial charge in [-0.15, -0.1) is 4.99 Å². The van der Waals surface area contributed by atoms with Gasteiger partial charge >= 0.3 is 12.2 Å². The number of piperidine rings is 1. The first kappa shape index (κ1) is 27.8. The van der Waals surface area contributed by atoms with Crippen LogP contribution in [0, 0.1) is 5.92 Å². The van der Waals surface area contributed by atoms with Crippen molar-refractivity contribution in [3.8, 4) is 0 Å². The van der Waals surface area contributed by atoms with Gasteiger partial charge in [-0.3, -0.25) is 20.2 Å². The molecule has 2 heterocycles. The number of rotatable bonds is 6. The number of amides is 4. The van der Waals surface area contributed by atoms with E-state index >= 15 is 0 Å². The number of alkyl carbamates (subject to hydrolysis) is 1. The zero-order valence-corrected chi connectivity index (χ0v) is 21.6. The van der Waals surface area contributed by atoms with Crippen LogP contribution in [0.2, 0.25) is 0 Å². The third kappa shape index (κ3) is 8.64. The van der Waals surface area contributed by atoms with Crippen LogP contribution in [0.25, 0.3) is 0 Å². The molecular weight excluding hydrogens is 502 g/mol. The van der Waals surface area contributed by atoms with E-state index in [1.54, 1.807) is 4.90 Å². The molecule has 206 valence electrons. The summed E-state index contributed by atoms with van der Waals surface area (Å²) in [4.78, 5) is 56.1. The molecule has 0 radical (unpaired) electrons. The Bertz CT molecular complexity index is 1170. The summed E-state index contributed by atoms with van der Waals surface area (Å²) in [6.07, 6.45) is 1.02. The summed E-state index contributed by atoms with van der Waals surface area (Å²) < 4.78 is 10.6. The molecule has 11 nitrogen and oxygen atoms in total. The Hall–Kier alpha value is -4.25. The maximum absolute atomic E-state index is 12.9. The molecule has 0 bridgehead atoms. The number of ether oxygens (including phenoxy) is 2. The van der Waals surface area contributed by atoms with Crippen molar-refractivity contribution in [1.29, 1.82) is 0 Å². The van der Waals surface area contributed by atoms with Crippen molar-refractivity contribution in [1.82, 2.24) is 20.9 Å². The van der Waals surface area contributed by atoms with Crippen LogP contribution in [0.5, 0.6) is 0 Å². The summed E-state index contributed by atoms with van der Waals surface area (Å²) in [7, 11) is 0. The van der Waals surface area contributed by atoms with Crippen molar-refractivity contribution in [2.24, 2.45) is 10.9 Å². The molecular formula is C28H33N5O6. The summed E-state index contributed by atoms with van der Waals surface area (Å²) in [6, 6.07) is 17.9. The van der Waals surface area contributed by atoms with E-state index in [4.69, 9.17) is 9.47 Å². The minimum Gasteiger partial charge on any atom is -0.444 e. The Morgan fingerprint density at radius 2 is 1.51 bits per heavy atom. The fourth-order valence-electron chi connectivity index (χ4n) is 4.47. The normalized spacial score (nSPS) is 19.2. The Balaban J connectivity index is 1.41. The van der Waals surface area contributed by atoms with Crippen molar-refractivity contribution in [3.05, 3.63) is 71.8 Å². The first-order valence-corrected chi connectivity index (χ1v) is 13.1. The fourth-order valence-corrected chi connectivity index (χ4v) is 4.47. The van der Waals surface area contributed by atoms with Gasteiger partial charge in [0.2, 0.25) is 17.8 Å². The van der Waals surface area contributed by atoms with Crippen molar-refractivity contribution < 1.29 is 28.7 Å². The van der Waals surface area contributed by atoms with E-state index < -0.39 is 24.0 Å². The summed E-state index contributed by atoms with van der Waals surface area (Å²) in [5, 5.41) is 8.11. The molecule has 4 rings (SSSR count). The molecule has 2 aromatic rings. The van der Waals surface area contributed by atoms with Crippen molar-refractivity contribution >= 4 is 30.0 Å². The second-order valence-electron chi connectivity index (χ2n) is 9.45. The van der Waals surface area contributed by atoms with Gasteiger partial charge in [-0.1, -0.05) is 60.7 Å². The second kappa shape index (κ2) is 14.1. The van der Waals surface area contributed by atoms with E-state index in [1.165, 1.54) is 0 Å². The van der Waals surface area contributed by atoms with Crippen LogP contribution in [-0.4, -0.2) is 60.5 Å². The Labute approximate surface area is 226 Å². The average molecular weight is 536 g/mol. The number of imide groups is 1. The number of aliphatic imine (C=N–C) groups is 1. The number of nitrogens with one attached hydrogen (secondary N) is 3. The van der Waals surface area contributed by atoms with E-state index in [0.29, 0.717) is 25.8 Å². The summed E-state index contributed by atoms with van der Waals surface area (Å²) in [5.41, 5.74) is 1.58. The predicted molar refractivity (Wildman–Crippen MR) is 142 cm³/mol. The number of nitrogens with zero attached hydrogens (tertiary/aromatic N) is 2. The standard InChI is InChI=1S/C28H33N5O6/c34-24(30-25(35)23-14-7-15-29-23)22-13-8-16-33(17-22)26(31-27(36)38-18-20-9-3-1-4-10-20)32-28(37)39-19-21-11-5-2-6-12-21/h1-6,9-12,22-23,29H,7-8,13-19H2,(H,30,34,35)(H,31,32,36,37)/t22?,23-/m0/s1. The molecule has 2 atom stereocenters. The lowest BCUT2D eigenvalue weighted by atomic mass is 9.97. The highest BCUT2D eigenvalue weighted by Gasteiger charge is 2.32. The minimum absolute atomic E-state index is 0.0112. The molecule has 39 heavy (non-hydrogen) atoms. The predicted octanol–water partition coefficient (Wildman–Crippen LogP) is 2.71. The van der Waals surface area contributed by atoms with Crippen molar-refractivity contribution in [2.75, 3.05) is 19.6 Å². The van der Waals surface area contributed by atoms with Crippen molar-refractivity contribution in [3.63, 3.8) is 0 Å². The highest BCUT2D eigenvalue weighted by Crippen LogP contribution is 2.18. The van der Waals surface area contributed by atoms with Crippen LogP contribution < -0.4 is 16.0 Å². The van der Waals surface area contributed by atoms with Gasteiger partial charge in [0.05, 0.1) is 12.0 Å². The number of benzene rings is 2. The van der Waals surface area contributed by atoms with Gasteiger partial charge in [0.1, 0.15) is 13.2 Å². The molecule has 0 spiro atoms. The van der Waals surface area contributed by atoms with E-state index in [-0.39, 0.29) is 37.7 Å². The minimum atomic E-state index is -0.897. The molecule has 2 aliphatic rings. The maximum atomic E-state index is 12.9.